The van der Waals surface area contributed by atoms with Crippen LogP contribution in [-0.4, -0.2) is 20.1 Å². The van der Waals surface area contributed by atoms with E-state index in [2.05, 4.69) is 27.6 Å². The minimum Gasteiger partial charge on any atom is -0.288 e. The number of aromatic nitrogens is 3. The number of rotatable bonds is 4. The standard InChI is InChI=1S/C7H9N3OS/c11-7(12)3-1-2-6-9-4-8-5-10-6/h4-5H,1-3H2,(H,11,12). The van der Waals surface area contributed by atoms with Gasteiger partial charge in [-0.05, 0) is 6.42 Å². The normalized spacial score (nSPS) is 9.75. The molecule has 0 saturated carbocycles. The van der Waals surface area contributed by atoms with Gasteiger partial charge in [0, 0.05) is 12.8 Å². The summed E-state index contributed by atoms with van der Waals surface area (Å²) in [5, 5.41) is -0.0935. The number of thiol groups is 1. The second kappa shape index (κ2) is 4.82. The highest BCUT2D eigenvalue weighted by atomic mass is 32.1. The fourth-order valence-corrected chi connectivity index (χ4v) is 0.948. The Hall–Kier alpha value is -0.970. The molecule has 0 N–H and O–H groups in total. The van der Waals surface area contributed by atoms with Crippen LogP contribution in [0.2, 0.25) is 0 Å². The summed E-state index contributed by atoms with van der Waals surface area (Å²) in [6.07, 6.45) is 4.81. The smallest absolute Gasteiger partial charge is 0.185 e. The van der Waals surface area contributed by atoms with Crippen molar-refractivity contribution in [3.8, 4) is 0 Å². The Labute approximate surface area is 75.9 Å². The van der Waals surface area contributed by atoms with Gasteiger partial charge in [-0.25, -0.2) is 15.0 Å². The SMILES string of the molecule is O=C(S)CCCc1ncncn1. The summed E-state index contributed by atoms with van der Waals surface area (Å²) >= 11 is 3.65. The molecule has 5 heteroatoms. The van der Waals surface area contributed by atoms with E-state index in [-0.39, 0.29) is 5.12 Å². The average molecular weight is 183 g/mol. The van der Waals surface area contributed by atoms with Gasteiger partial charge >= 0.3 is 0 Å². The van der Waals surface area contributed by atoms with Crippen LogP contribution < -0.4 is 0 Å². The summed E-state index contributed by atoms with van der Waals surface area (Å²) in [6, 6.07) is 0. The summed E-state index contributed by atoms with van der Waals surface area (Å²) in [4.78, 5) is 22.0. The maximum Gasteiger partial charge on any atom is 0.185 e. The number of nitrogens with zero attached hydrogens (tertiary/aromatic N) is 3. The predicted molar refractivity (Wildman–Crippen MR) is 46.8 cm³/mol. The second-order valence-corrected chi connectivity index (χ2v) is 2.80. The Balaban J connectivity index is 2.29. The fraction of sp³-hybridized carbons (Fsp3) is 0.429. The minimum atomic E-state index is -0.0935. The molecule has 12 heavy (non-hydrogen) atoms. The molecule has 0 saturated heterocycles. The number of carbonyl (C=O) groups is 1. The van der Waals surface area contributed by atoms with E-state index in [0.717, 1.165) is 12.2 Å². The van der Waals surface area contributed by atoms with Gasteiger partial charge < -0.3 is 0 Å². The van der Waals surface area contributed by atoms with Gasteiger partial charge in [-0.2, -0.15) is 0 Å². The first-order valence-electron chi connectivity index (χ1n) is 3.61. The van der Waals surface area contributed by atoms with Crippen LogP contribution in [0.3, 0.4) is 0 Å². The molecule has 0 radical (unpaired) electrons. The van der Waals surface area contributed by atoms with E-state index in [1.807, 2.05) is 0 Å². The molecule has 1 aromatic heterocycles. The summed E-state index contributed by atoms with van der Waals surface area (Å²) < 4.78 is 0. The van der Waals surface area contributed by atoms with Gasteiger partial charge in [0.25, 0.3) is 0 Å². The lowest BCUT2D eigenvalue weighted by molar-refractivity contribution is -0.110. The number of hydrogen-bond donors (Lipinski definition) is 1. The Morgan fingerprint density at radius 1 is 1.42 bits per heavy atom. The zero-order valence-corrected chi connectivity index (χ0v) is 7.37. The highest BCUT2D eigenvalue weighted by Gasteiger charge is 1.97. The predicted octanol–water partition coefficient (Wildman–Crippen LogP) is 0.651. The Bertz CT molecular complexity index is 252. The van der Waals surface area contributed by atoms with Crippen molar-refractivity contribution in [3.05, 3.63) is 18.5 Å². The van der Waals surface area contributed by atoms with E-state index < -0.39 is 0 Å². The molecule has 0 aliphatic rings. The summed E-state index contributed by atoms with van der Waals surface area (Å²) in [7, 11) is 0. The van der Waals surface area contributed by atoms with E-state index in [9.17, 15) is 4.79 Å². The molecule has 0 aliphatic heterocycles. The third kappa shape index (κ3) is 3.43. The quantitative estimate of drug-likeness (QED) is 0.696. The zero-order valence-electron chi connectivity index (χ0n) is 6.47. The summed E-state index contributed by atoms with van der Waals surface area (Å²) in [6.45, 7) is 0. The fourth-order valence-electron chi connectivity index (χ4n) is 0.790. The van der Waals surface area contributed by atoms with Gasteiger partial charge in [-0.15, -0.1) is 12.6 Å². The first-order valence-corrected chi connectivity index (χ1v) is 4.06. The zero-order chi connectivity index (χ0) is 8.81. The molecule has 4 nitrogen and oxygen atoms in total. The molecule has 0 fully saturated rings. The molecular weight excluding hydrogens is 174 g/mol. The Morgan fingerprint density at radius 3 is 2.67 bits per heavy atom. The molecule has 0 unspecified atom stereocenters. The molecule has 1 aromatic rings. The molecule has 0 spiro atoms. The largest absolute Gasteiger partial charge is 0.288 e. The minimum absolute atomic E-state index is 0.0935. The van der Waals surface area contributed by atoms with Crippen LogP contribution in [0.5, 0.6) is 0 Å². The molecule has 0 bridgehead atoms. The lowest BCUT2D eigenvalue weighted by Crippen LogP contribution is -1.96. The van der Waals surface area contributed by atoms with Crippen LogP contribution in [0.15, 0.2) is 12.7 Å². The lowest BCUT2D eigenvalue weighted by Gasteiger charge is -1.95. The lowest BCUT2D eigenvalue weighted by atomic mass is 10.2. The first kappa shape index (κ1) is 9.12. The van der Waals surface area contributed by atoms with Gasteiger partial charge in [0.05, 0.1) is 0 Å². The van der Waals surface area contributed by atoms with Gasteiger partial charge in [-0.1, -0.05) is 0 Å². The summed E-state index contributed by atoms with van der Waals surface area (Å²) in [5.74, 6) is 0.722. The monoisotopic (exact) mass is 183 g/mol. The van der Waals surface area contributed by atoms with Crippen LogP contribution in [0.4, 0.5) is 0 Å². The van der Waals surface area contributed by atoms with Crippen LogP contribution in [-0.2, 0) is 11.2 Å². The Morgan fingerprint density at radius 2 is 2.08 bits per heavy atom. The van der Waals surface area contributed by atoms with Crippen molar-refractivity contribution in [2.24, 2.45) is 0 Å². The van der Waals surface area contributed by atoms with E-state index in [0.29, 0.717) is 12.8 Å². The van der Waals surface area contributed by atoms with Crippen molar-refractivity contribution in [3.63, 3.8) is 0 Å². The topological polar surface area (TPSA) is 55.7 Å². The van der Waals surface area contributed by atoms with Crippen molar-refractivity contribution >= 4 is 17.7 Å². The van der Waals surface area contributed by atoms with Gasteiger partial charge in [0.15, 0.2) is 5.12 Å². The van der Waals surface area contributed by atoms with Gasteiger partial charge in [-0.3, -0.25) is 4.79 Å². The van der Waals surface area contributed by atoms with Crippen LogP contribution in [0.1, 0.15) is 18.7 Å². The third-order valence-corrected chi connectivity index (χ3v) is 1.56. The van der Waals surface area contributed by atoms with Crippen LogP contribution >= 0.6 is 12.6 Å². The number of aryl methyl sites for hydroxylation is 1. The molecule has 0 aliphatic carbocycles. The molecule has 0 amide bonds. The maximum atomic E-state index is 10.4. The molecular formula is C7H9N3OS. The van der Waals surface area contributed by atoms with E-state index in [4.69, 9.17) is 0 Å². The van der Waals surface area contributed by atoms with Crippen molar-refractivity contribution in [1.82, 2.24) is 15.0 Å². The molecule has 0 atom stereocenters. The molecule has 1 rings (SSSR count). The van der Waals surface area contributed by atoms with E-state index in [1.54, 1.807) is 0 Å². The number of hydrogen-bond acceptors (Lipinski definition) is 4. The molecule has 1 heterocycles. The highest BCUT2D eigenvalue weighted by molar-refractivity contribution is 7.96. The first-order chi connectivity index (χ1) is 5.79. The van der Waals surface area contributed by atoms with Gasteiger partial charge in [0.2, 0.25) is 0 Å². The highest BCUT2D eigenvalue weighted by Crippen LogP contribution is 1.99. The van der Waals surface area contributed by atoms with E-state index >= 15 is 0 Å². The number of carbonyl (C=O) groups excluding carboxylic acids is 1. The van der Waals surface area contributed by atoms with Crippen molar-refractivity contribution in [2.75, 3.05) is 0 Å². The van der Waals surface area contributed by atoms with Crippen molar-refractivity contribution in [2.45, 2.75) is 19.3 Å². The third-order valence-electron chi connectivity index (χ3n) is 1.34. The van der Waals surface area contributed by atoms with Crippen molar-refractivity contribution < 1.29 is 4.79 Å². The average Bonchev–Trinajstić information content (AvgIpc) is 2.05. The molecule has 0 aromatic carbocycles. The van der Waals surface area contributed by atoms with Crippen LogP contribution in [0.25, 0.3) is 0 Å². The van der Waals surface area contributed by atoms with Gasteiger partial charge in [0.1, 0.15) is 18.5 Å². The van der Waals surface area contributed by atoms with Crippen molar-refractivity contribution in [1.29, 1.82) is 0 Å². The van der Waals surface area contributed by atoms with Crippen LogP contribution in [0, 0.1) is 0 Å². The Kier molecular flexibility index (Phi) is 3.66. The van der Waals surface area contributed by atoms with E-state index in [1.165, 1.54) is 12.7 Å². The maximum absolute atomic E-state index is 10.4. The summed E-state index contributed by atoms with van der Waals surface area (Å²) in [5.41, 5.74) is 0. The molecule has 64 valence electrons. The second-order valence-electron chi connectivity index (χ2n) is 2.30.